The van der Waals surface area contributed by atoms with Crippen LogP contribution in [0, 0.1) is 0 Å². The molecule has 57 heavy (non-hydrogen) atoms. The van der Waals surface area contributed by atoms with Crippen LogP contribution in [-0.4, -0.2) is 125 Å². The molecule has 0 saturated carbocycles. The summed E-state index contributed by atoms with van der Waals surface area (Å²) in [6.07, 6.45) is 21.0. The molecule has 1 rings (SSSR count). The molecule has 338 valence electrons. The minimum absolute atomic E-state index is 0.338. The third-order valence-electron chi connectivity index (χ3n) is 11.1. The van der Waals surface area contributed by atoms with Gasteiger partial charge in [-0.05, 0) is 12.8 Å². The van der Waals surface area contributed by atoms with Gasteiger partial charge in [0.1, 0.15) is 37.1 Å². The normalized spacial score (nSPS) is 21.2. The third kappa shape index (κ3) is 26.2. The SMILES string of the molecule is CCCCCCCCCCCCCCCCNC(=O)N[C@@H](CO[C@H]1OC(COC(=O)N(C)C)[C@H](O)[C@H](O)C1O)[C@H](O)[C@H](O)CCCCCCCCCCCCCC. The summed E-state index contributed by atoms with van der Waals surface area (Å²) in [7, 11) is 2.98. The maximum absolute atomic E-state index is 13.0. The molecule has 7 N–H and O–H groups in total. The van der Waals surface area contributed by atoms with Gasteiger partial charge in [-0.2, -0.15) is 0 Å². The number of hydrogen-bond acceptors (Lipinski definition) is 10. The van der Waals surface area contributed by atoms with Crippen LogP contribution in [0.15, 0.2) is 0 Å². The van der Waals surface area contributed by atoms with Crippen LogP contribution in [0.3, 0.4) is 0 Å². The van der Waals surface area contributed by atoms with Crippen molar-refractivity contribution in [2.75, 3.05) is 33.9 Å². The van der Waals surface area contributed by atoms with Crippen LogP contribution in [0.4, 0.5) is 9.59 Å². The largest absolute Gasteiger partial charge is 0.447 e. The third-order valence-corrected chi connectivity index (χ3v) is 11.1. The van der Waals surface area contributed by atoms with Crippen LogP contribution in [0.25, 0.3) is 0 Å². The van der Waals surface area contributed by atoms with Crippen molar-refractivity contribution < 1.29 is 49.3 Å². The second-order valence-electron chi connectivity index (χ2n) is 16.7. The summed E-state index contributed by atoms with van der Waals surface area (Å²) in [5.41, 5.74) is 0. The number of urea groups is 1. The molecule has 1 heterocycles. The fourth-order valence-electron chi connectivity index (χ4n) is 7.27. The molecule has 13 heteroatoms. The van der Waals surface area contributed by atoms with E-state index in [0.29, 0.717) is 13.0 Å². The smallest absolute Gasteiger partial charge is 0.409 e. The van der Waals surface area contributed by atoms with E-state index in [-0.39, 0.29) is 6.61 Å². The first-order valence-corrected chi connectivity index (χ1v) is 23.1. The van der Waals surface area contributed by atoms with Crippen LogP contribution in [0.1, 0.15) is 187 Å². The number of ether oxygens (including phenoxy) is 3. The van der Waals surface area contributed by atoms with Gasteiger partial charge in [0.15, 0.2) is 6.29 Å². The molecular weight excluding hydrogens is 730 g/mol. The molecular formula is C44H87N3O10. The van der Waals surface area contributed by atoms with Crippen LogP contribution in [0.2, 0.25) is 0 Å². The molecule has 0 bridgehead atoms. The second kappa shape index (κ2) is 35.1. The molecule has 0 spiro atoms. The average Bonchev–Trinajstić information content (AvgIpc) is 3.20. The van der Waals surface area contributed by atoms with Gasteiger partial charge < -0.3 is 55.3 Å². The molecule has 2 unspecified atom stereocenters. The molecule has 8 atom stereocenters. The Hall–Kier alpha value is -1.74. The number of hydrogen-bond donors (Lipinski definition) is 7. The van der Waals surface area contributed by atoms with Crippen molar-refractivity contribution in [3.63, 3.8) is 0 Å². The van der Waals surface area contributed by atoms with Gasteiger partial charge >= 0.3 is 12.1 Å². The first-order valence-electron chi connectivity index (χ1n) is 23.1. The van der Waals surface area contributed by atoms with E-state index >= 15 is 0 Å². The number of carbonyl (C=O) groups is 2. The molecule has 0 aromatic carbocycles. The van der Waals surface area contributed by atoms with Gasteiger partial charge in [0.05, 0.1) is 18.8 Å². The fraction of sp³-hybridized carbons (Fsp3) is 0.955. The summed E-state index contributed by atoms with van der Waals surface area (Å²) in [6.45, 7) is 4.15. The first kappa shape index (κ1) is 53.3. The Balaban J connectivity index is 2.57. The maximum Gasteiger partial charge on any atom is 0.409 e. The Labute approximate surface area is 346 Å². The minimum Gasteiger partial charge on any atom is -0.447 e. The number of nitrogens with zero attached hydrogens (tertiary/aromatic N) is 1. The number of amides is 3. The molecule has 0 aromatic heterocycles. The van der Waals surface area contributed by atoms with Crippen LogP contribution in [-0.2, 0) is 14.2 Å². The van der Waals surface area contributed by atoms with Gasteiger partial charge in [-0.25, -0.2) is 9.59 Å². The maximum atomic E-state index is 13.0. The average molecular weight is 818 g/mol. The van der Waals surface area contributed by atoms with Gasteiger partial charge in [-0.3, -0.25) is 0 Å². The lowest BCUT2D eigenvalue weighted by Crippen LogP contribution is -2.60. The number of aliphatic hydroxyl groups excluding tert-OH is 5. The Bertz CT molecular complexity index is 963. The molecule has 1 saturated heterocycles. The fourth-order valence-corrected chi connectivity index (χ4v) is 7.27. The highest BCUT2D eigenvalue weighted by Crippen LogP contribution is 2.24. The molecule has 1 aliphatic rings. The molecule has 0 radical (unpaired) electrons. The van der Waals surface area contributed by atoms with Crippen LogP contribution < -0.4 is 10.6 Å². The zero-order valence-electron chi connectivity index (χ0n) is 36.6. The zero-order chi connectivity index (χ0) is 42.1. The van der Waals surface area contributed by atoms with Crippen molar-refractivity contribution in [2.24, 2.45) is 0 Å². The lowest BCUT2D eigenvalue weighted by molar-refractivity contribution is -0.303. The topological polar surface area (TPSA) is 190 Å². The summed E-state index contributed by atoms with van der Waals surface area (Å²) < 4.78 is 16.5. The minimum atomic E-state index is -1.67. The van der Waals surface area contributed by atoms with E-state index in [0.717, 1.165) is 44.9 Å². The number of rotatable bonds is 36. The number of nitrogens with one attached hydrogen (secondary N) is 2. The van der Waals surface area contributed by atoms with Gasteiger partial charge in [-0.15, -0.1) is 0 Å². The summed E-state index contributed by atoms with van der Waals surface area (Å²) in [6, 6.07) is -1.61. The highest BCUT2D eigenvalue weighted by molar-refractivity contribution is 5.74. The Morgan fingerprint density at radius 1 is 0.632 bits per heavy atom. The summed E-state index contributed by atoms with van der Waals surface area (Å²) in [4.78, 5) is 26.1. The van der Waals surface area contributed by atoms with E-state index in [2.05, 4.69) is 24.5 Å². The summed E-state index contributed by atoms with van der Waals surface area (Å²) >= 11 is 0. The van der Waals surface area contributed by atoms with E-state index in [1.165, 1.54) is 141 Å². The standard InChI is InChI=1S/C44H87N3O10/c1-5-7-9-11-13-15-17-19-20-22-24-26-28-30-32-45-43(53)46-35(38(49)36(48)31-29-27-25-23-21-18-16-14-12-10-8-6-2)33-55-42-41(52)40(51)39(50)37(57-42)34-56-44(54)47(3)4/h35-42,48-52H,5-34H2,1-4H3,(H2,45,46,53)/t35-,36+,37?,38-,39-,40-,41?,42-/m0/s1. The lowest BCUT2D eigenvalue weighted by Gasteiger charge is -2.40. The van der Waals surface area contributed by atoms with Crippen molar-refractivity contribution in [2.45, 2.75) is 236 Å². The summed E-state index contributed by atoms with van der Waals surface area (Å²) in [5.74, 6) is 0. The predicted octanol–water partition coefficient (Wildman–Crippen LogP) is 7.47. The molecule has 1 aliphatic heterocycles. The molecule has 13 nitrogen and oxygen atoms in total. The van der Waals surface area contributed by atoms with Gasteiger partial charge in [0, 0.05) is 20.6 Å². The van der Waals surface area contributed by atoms with Crippen molar-refractivity contribution >= 4 is 12.1 Å². The summed E-state index contributed by atoms with van der Waals surface area (Å²) in [5, 5.41) is 59.3. The highest BCUT2D eigenvalue weighted by atomic mass is 16.7. The number of carbonyl (C=O) groups excluding carboxylic acids is 2. The molecule has 1 fully saturated rings. The van der Waals surface area contributed by atoms with E-state index < -0.39 is 67.7 Å². The van der Waals surface area contributed by atoms with Crippen LogP contribution >= 0.6 is 0 Å². The Morgan fingerprint density at radius 3 is 1.53 bits per heavy atom. The van der Waals surface area contributed by atoms with E-state index in [1.807, 2.05) is 0 Å². The van der Waals surface area contributed by atoms with Crippen molar-refractivity contribution in [3.8, 4) is 0 Å². The number of unbranched alkanes of at least 4 members (excludes halogenated alkanes) is 24. The highest BCUT2D eigenvalue weighted by Gasteiger charge is 2.45. The van der Waals surface area contributed by atoms with Crippen molar-refractivity contribution in [3.05, 3.63) is 0 Å². The zero-order valence-corrected chi connectivity index (χ0v) is 36.6. The number of aliphatic hydroxyl groups is 5. The predicted molar refractivity (Wildman–Crippen MR) is 226 cm³/mol. The van der Waals surface area contributed by atoms with Gasteiger partial charge in [0.25, 0.3) is 0 Å². The molecule has 0 aromatic rings. The van der Waals surface area contributed by atoms with Crippen molar-refractivity contribution in [1.29, 1.82) is 0 Å². The van der Waals surface area contributed by atoms with Crippen molar-refractivity contribution in [1.82, 2.24) is 15.5 Å². The molecule has 0 aliphatic carbocycles. The lowest BCUT2D eigenvalue weighted by atomic mass is 9.98. The molecule has 3 amide bonds. The second-order valence-corrected chi connectivity index (χ2v) is 16.7. The van der Waals surface area contributed by atoms with Gasteiger partial charge in [-0.1, -0.05) is 174 Å². The quantitative estimate of drug-likeness (QED) is 0.0313. The monoisotopic (exact) mass is 818 g/mol. The van der Waals surface area contributed by atoms with E-state index in [9.17, 15) is 35.1 Å². The van der Waals surface area contributed by atoms with Crippen LogP contribution in [0.5, 0.6) is 0 Å². The van der Waals surface area contributed by atoms with Gasteiger partial charge in [0.2, 0.25) is 0 Å². The van der Waals surface area contributed by atoms with E-state index in [1.54, 1.807) is 0 Å². The Morgan fingerprint density at radius 2 is 1.07 bits per heavy atom. The Kier molecular flexibility index (Phi) is 32.8. The van der Waals surface area contributed by atoms with E-state index in [4.69, 9.17) is 14.2 Å². The first-order chi connectivity index (χ1) is 27.5.